The summed E-state index contributed by atoms with van der Waals surface area (Å²) in [6, 6.07) is 0. The third-order valence-electron chi connectivity index (χ3n) is 2.52. The number of ketones is 1. The van der Waals surface area contributed by atoms with Crippen molar-refractivity contribution in [3.8, 4) is 0 Å². The summed E-state index contributed by atoms with van der Waals surface area (Å²) in [7, 11) is 1.72. The van der Waals surface area contributed by atoms with E-state index in [1.165, 1.54) is 0 Å². The van der Waals surface area contributed by atoms with Gasteiger partial charge in [0.15, 0.2) is 0 Å². The van der Waals surface area contributed by atoms with Gasteiger partial charge in [0.1, 0.15) is 5.78 Å². The first-order valence-electron chi connectivity index (χ1n) is 4.24. The first-order valence-corrected chi connectivity index (χ1v) is 4.24. The molecule has 0 heterocycles. The average molecular weight is 156 g/mol. The van der Waals surface area contributed by atoms with Crippen LogP contribution in [0.5, 0.6) is 0 Å². The molecule has 64 valence electrons. The monoisotopic (exact) mass is 156 g/mol. The summed E-state index contributed by atoms with van der Waals surface area (Å²) in [4.78, 5) is 10.9. The highest BCUT2D eigenvalue weighted by Crippen LogP contribution is 2.28. The Morgan fingerprint density at radius 3 is 2.91 bits per heavy atom. The minimum atomic E-state index is 0.429. The zero-order chi connectivity index (χ0) is 8.27. The highest BCUT2D eigenvalue weighted by atomic mass is 16.5. The standard InChI is InChI=1S/C9H16O2/c1-7(6-11-2)8-3-4-9(10)5-8/h7-8H,3-6H2,1-2H3. The molecule has 1 rings (SSSR count). The van der Waals surface area contributed by atoms with Gasteiger partial charge in [-0.2, -0.15) is 0 Å². The summed E-state index contributed by atoms with van der Waals surface area (Å²) in [6.45, 7) is 2.95. The molecule has 2 atom stereocenters. The van der Waals surface area contributed by atoms with Gasteiger partial charge in [0, 0.05) is 26.6 Å². The van der Waals surface area contributed by atoms with Gasteiger partial charge in [-0.05, 0) is 18.3 Å². The minimum Gasteiger partial charge on any atom is -0.384 e. The van der Waals surface area contributed by atoms with E-state index in [0.717, 1.165) is 25.9 Å². The second-order valence-corrected chi connectivity index (χ2v) is 3.47. The van der Waals surface area contributed by atoms with Gasteiger partial charge in [0.05, 0.1) is 0 Å². The van der Waals surface area contributed by atoms with Gasteiger partial charge in [-0.3, -0.25) is 4.79 Å². The number of hydrogen-bond acceptors (Lipinski definition) is 2. The smallest absolute Gasteiger partial charge is 0.133 e. The predicted molar refractivity (Wildman–Crippen MR) is 43.4 cm³/mol. The Morgan fingerprint density at radius 1 is 1.73 bits per heavy atom. The summed E-state index contributed by atoms with van der Waals surface area (Å²) in [6.07, 6.45) is 2.65. The third kappa shape index (κ3) is 2.29. The molecule has 11 heavy (non-hydrogen) atoms. The van der Waals surface area contributed by atoms with Crippen LogP contribution in [0.15, 0.2) is 0 Å². The average Bonchev–Trinajstić information content (AvgIpc) is 2.36. The number of methoxy groups -OCH3 is 1. The molecule has 0 N–H and O–H groups in total. The lowest BCUT2D eigenvalue weighted by molar-refractivity contribution is -0.117. The lowest BCUT2D eigenvalue weighted by atomic mass is 9.93. The molecule has 2 unspecified atom stereocenters. The van der Waals surface area contributed by atoms with Crippen molar-refractivity contribution < 1.29 is 9.53 Å². The summed E-state index contributed by atoms with van der Waals surface area (Å²) >= 11 is 0. The molecule has 0 bridgehead atoms. The van der Waals surface area contributed by atoms with Gasteiger partial charge in [-0.15, -0.1) is 0 Å². The summed E-state index contributed by atoms with van der Waals surface area (Å²) in [5, 5.41) is 0. The van der Waals surface area contributed by atoms with E-state index in [2.05, 4.69) is 6.92 Å². The Balaban J connectivity index is 2.30. The van der Waals surface area contributed by atoms with Crippen molar-refractivity contribution in [1.29, 1.82) is 0 Å². The van der Waals surface area contributed by atoms with Crippen LogP contribution in [-0.2, 0) is 9.53 Å². The molecule has 1 saturated carbocycles. The van der Waals surface area contributed by atoms with Crippen LogP contribution in [0.3, 0.4) is 0 Å². The fraction of sp³-hybridized carbons (Fsp3) is 0.889. The van der Waals surface area contributed by atoms with Crippen LogP contribution in [0.25, 0.3) is 0 Å². The van der Waals surface area contributed by atoms with Crippen molar-refractivity contribution in [2.45, 2.75) is 26.2 Å². The summed E-state index contributed by atoms with van der Waals surface area (Å²) < 4.78 is 5.04. The molecule has 0 radical (unpaired) electrons. The van der Waals surface area contributed by atoms with Gasteiger partial charge in [0.2, 0.25) is 0 Å². The van der Waals surface area contributed by atoms with Gasteiger partial charge >= 0.3 is 0 Å². The number of carbonyl (C=O) groups excluding carboxylic acids is 1. The molecule has 0 aromatic heterocycles. The fourth-order valence-corrected chi connectivity index (χ4v) is 1.73. The van der Waals surface area contributed by atoms with Crippen LogP contribution in [0, 0.1) is 11.8 Å². The second-order valence-electron chi connectivity index (χ2n) is 3.47. The zero-order valence-corrected chi connectivity index (χ0v) is 7.30. The minimum absolute atomic E-state index is 0.429. The van der Waals surface area contributed by atoms with E-state index in [-0.39, 0.29) is 0 Å². The highest BCUT2D eigenvalue weighted by Gasteiger charge is 2.26. The van der Waals surface area contributed by atoms with Gasteiger partial charge in [0.25, 0.3) is 0 Å². The van der Waals surface area contributed by atoms with Gasteiger partial charge in [-0.25, -0.2) is 0 Å². The molecular formula is C9H16O2. The maximum atomic E-state index is 10.9. The summed E-state index contributed by atoms with van der Waals surface area (Å²) in [5.41, 5.74) is 0. The molecule has 1 aliphatic rings. The van der Waals surface area contributed by atoms with Crippen molar-refractivity contribution in [2.24, 2.45) is 11.8 Å². The second kappa shape index (κ2) is 3.86. The maximum Gasteiger partial charge on any atom is 0.133 e. The van der Waals surface area contributed by atoms with E-state index < -0.39 is 0 Å². The van der Waals surface area contributed by atoms with E-state index in [4.69, 9.17) is 4.74 Å². The molecule has 0 spiro atoms. The number of ether oxygens (including phenoxy) is 1. The van der Waals surface area contributed by atoms with Crippen LogP contribution in [0.2, 0.25) is 0 Å². The zero-order valence-electron chi connectivity index (χ0n) is 7.30. The van der Waals surface area contributed by atoms with Crippen LogP contribution in [0.1, 0.15) is 26.2 Å². The van der Waals surface area contributed by atoms with Crippen LogP contribution in [0.4, 0.5) is 0 Å². The molecule has 1 fully saturated rings. The highest BCUT2D eigenvalue weighted by molar-refractivity contribution is 5.80. The largest absolute Gasteiger partial charge is 0.384 e. The SMILES string of the molecule is COCC(C)C1CCC(=O)C1. The predicted octanol–water partition coefficient (Wildman–Crippen LogP) is 1.64. The number of hydrogen-bond donors (Lipinski definition) is 0. The van der Waals surface area contributed by atoms with Crippen LogP contribution in [-0.4, -0.2) is 19.5 Å². The molecule has 0 aromatic carbocycles. The quantitative estimate of drug-likeness (QED) is 0.621. The molecule has 0 aromatic rings. The van der Waals surface area contributed by atoms with Crippen molar-refractivity contribution in [3.63, 3.8) is 0 Å². The van der Waals surface area contributed by atoms with Crippen molar-refractivity contribution >= 4 is 5.78 Å². The molecular weight excluding hydrogens is 140 g/mol. The summed E-state index contributed by atoms with van der Waals surface area (Å²) in [5.74, 6) is 1.56. The van der Waals surface area contributed by atoms with Gasteiger partial charge in [-0.1, -0.05) is 6.92 Å². The molecule has 2 heteroatoms. The number of carbonyl (C=O) groups is 1. The van der Waals surface area contributed by atoms with Crippen molar-refractivity contribution in [3.05, 3.63) is 0 Å². The fourth-order valence-electron chi connectivity index (χ4n) is 1.73. The molecule has 2 nitrogen and oxygen atoms in total. The third-order valence-corrected chi connectivity index (χ3v) is 2.52. The Bertz CT molecular complexity index is 142. The van der Waals surface area contributed by atoms with E-state index >= 15 is 0 Å². The van der Waals surface area contributed by atoms with E-state index in [9.17, 15) is 4.79 Å². The van der Waals surface area contributed by atoms with Gasteiger partial charge < -0.3 is 4.74 Å². The number of Topliss-reactive ketones (excluding diaryl/α,β-unsaturated/α-hetero) is 1. The van der Waals surface area contributed by atoms with Crippen LogP contribution < -0.4 is 0 Å². The maximum absolute atomic E-state index is 10.9. The van der Waals surface area contributed by atoms with Crippen molar-refractivity contribution in [2.75, 3.05) is 13.7 Å². The Labute approximate surface area is 67.9 Å². The van der Waals surface area contributed by atoms with Crippen LogP contribution >= 0.6 is 0 Å². The van der Waals surface area contributed by atoms with E-state index in [1.54, 1.807) is 7.11 Å². The topological polar surface area (TPSA) is 26.3 Å². The van der Waals surface area contributed by atoms with E-state index in [1.807, 2.05) is 0 Å². The molecule has 0 amide bonds. The normalized spacial score (nSPS) is 27.5. The lowest BCUT2D eigenvalue weighted by Gasteiger charge is -2.16. The first kappa shape index (κ1) is 8.72. The Kier molecular flexibility index (Phi) is 3.06. The molecule has 0 aliphatic heterocycles. The Morgan fingerprint density at radius 2 is 2.45 bits per heavy atom. The lowest BCUT2D eigenvalue weighted by Crippen LogP contribution is -2.13. The molecule has 1 aliphatic carbocycles. The first-order chi connectivity index (χ1) is 5.24. The van der Waals surface area contributed by atoms with E-state index in [0.29, 0.717) is 17.6 Å². The number of rotatable bonds is 3. The van der Waals surface area contributed by atoms with Crippen molar-refractivity contribution in [1.82, 2.24) is 0 Å². The Hall–Kier alpha value is -0.370. The molecule has 0 saturated heterocycles.